The maximum atomic E-state index is 5.43. The Hall–Kier alpha value is -0.380. The van der Waals surface area contributed by atoms with Gasteiger partial charge < -0.3 is 10.1 Å². The molecule has 0 radical (unpaired) electrons. The van der Waals surface area contributed by atoms with Gasteiger partial charge in [0.1, 0.15) is 0 Å². The van der Waals surface area contributed by atoms with Gasteiger partial charge in [0, 0.05) is 23.7 Å². The second-order valence-corrected chi connectivity index (χ2v) is 5.96. The third-order valence-corrected chi connectivity index (χ3v) is 4.36. The third kappa shape index (κ3) is 3.56. The molecule has 2 rings (SSSR count). The van der Waals surface area contributed by atoms with Gasteiger partial charge in [0.2, 0.25) is 0 Å². The van der Waals surface area contributed by atoms with Gasteiger partial charge in [-0.2, -0.15) is 0 Å². The van der Waals surface area contributed by atoms with E-state index in [4.69, 9.17) is 4.74 Å². The molecule has 1 fully saturated rings. The topological polar surface area (TPSA) is 21.3 Å². The van der Waals surface area contributed by atoms with Crippen LogP contribution >= 0.6 is 15.9 Å². The molecule has 1 aliphatic rings. The van der Waals surface area contributed by atoms with Crippen molar-refractivity contribution >= 4 is 15.9 Å². The Morgan fingerprint density at radius 1 is 1.33 bits per heavy atom. The molecule has 1 N–H and O–H groups in total. The first-order valence-electron chi connectivity index (χ1n) is 6.77. The van der Waals surface area contributed by atoms with Gasteiger partial charge in [-0.05, 0) is 43.4 Å². The van der Waals surface area contributed by atoms with Crippen LogP contribution < -0.4 is 5.32 Å². The van der Waals surface area contributed by atoms with Crippen molar-refractivity contribution in [2.75, 3.05) is 7.11 Å². The summed E-state index contributed by atoms with van der Waals surface area (Å²) < 4.78 is 6.57. The van der Waals surface area contributed by atoms with E-state index in [2.05, 4.69) is 52.4 Å². The fourth-order valence-electron chi connectivity index (χ4n) is 2.73. The molecule has 1 aromatic rings. The molecule has 0 bridgehead atoms. The normalized spacial score (nSPS) is 25.3. The van der Waals surface area contributed by atoms with E-state index in [-0.39, 0.29) is 0 Å². The predicted octanol–water partition coefficient (Wildman–Crippen LogP) is 4.06. The van der Waals surface area contributed by atoms with Crippen LogP contribution in [0, 0.1) is 0 Å². The van der Waals surface area contributed by atoms with Gasteiger partial charge in [-0.15, -0.1) is 0 Å². The monoisotopic (exact) mass is 311 g/mol. The van der Waals surface area contributed by atoms with Gasteiger partial charge in [-0.3, -0.25) is 0 Å². The quantitative estimate of drug-likeness (QED) is 0.885. The lowest BCUT2D eigenvalue weighted by Gasteiger charge is -2.22. The van der Waals surface area contributed by atoms with Gasteiger partial charge in [0.05, 0.1) is 6.10 Å². The molecular weight excluding hydrogens is 290 g/mol. The zero-order chi connectivity index (χ0) is 13.0. The molecule has 0 aromatic heterocycles. The van der Waals surface area contributed by atoms with E-state index in [0.29, 0.717) is 18.2 Å². The van der Waals surface area contributed by atoms with Crippen LogP contribution in [0.4, 0.5) is 0 Å². The van der Waals surface area contributed by atoms with Crippen molar-refractivity contribution in [2.45, 2.75) is 50.8 Å². The van der Waals surface area contributed by atoms with E-state index >= 15 is 0 Å². The predicted molar refractivity (Wildman–Crippen MR) is 78.7 cm³/mol. The molecule has 100 valence electrons. The Bertz CT molecular complexity index is 365. The summed E-state index contributed by atoms with van der Waals surface area (Å²) in [6, 6.07) is 9.70. The van der Waals surface area contributed by atoms with Crippen LogP contribution in [0.5, 0.6) is 0 Å². The van der Waals surface area contributed by atoms with Crippen molar-refractivity contribution in [2.24, 2.45) is 0 Å². The zero-order valence-electron chi connectivity index (χ0n) is 11.2. The molecule has 0 amide bonds. The second-order valence-electron chi connectivity index (χ2n) is 5.05. The Kier molecular flexibility index (Phi) is 5.22. The number of rotatable bonds is 5. The minimum absolute atomic E-state index is 0.449. The van der Waals surface area contributed by atoms with Gasteiger partial charge in [-0.1, -0.05) is 35.0 Å². The van der Waals surface area contributed by atoms with Crippen LogP contribution in [0.1, 0.15) is 44.2 Å². The van der Waals surface area contributed by atoms with Crippen LogP contribution in [0.3, 0.4) is 0 Å². The summed E-state index contributed by atoms with van der Waals surface area (Å²) in [7, 11) is 1.82. The first-order valence-corrected chi connectivity index (χ1v) is 7.56. The number of nitrogens with one attached hydrogen (secondary N) is 1. The Morgan fingerprint density at radius 3 is 2.61 bits per heavy atom. The Labute approximate surface area is 118 Å². The highest BCUT2D eigenvalue weighted by Crippen LogP contribution is 2.26. The van der Waals surface area contributed by atoms with Gasteiger partial charge >= 0.3 is 0 Å². The zero-order valence-corrected chi connectivity index (χ0v) is 12.7. The highest BCUT2D eigenvalue weighted by Gasteiger charge is 2.26. The molecule has 1 aliphatic carbocycles. The lowest BCUT2D eigenvalue weighted by Crippen LogP contribution is -2.31. The van der Waals surface area contributed by atoms with Crippen molar-refractivity contribution in [3.05, 3.63) is 34.3 Å². The molecule has 3 heteroatoms. The molecule has 1 saturated carbocycles. The molecule has 0 heterocycles. The average molecular weight is 312 g/mol. The minimum Gasteiger partial charge on any atom is -0.381 e. The Balaban J connectivity index is 1.95. The molecular formula is C15H22BrNO. The van der Waals surface area contributed by atoms with E-state index in [1.807, 2.05) is 7.11 Å². The van der Waals surface area contributed by atoms with Gasteiger partial charge in [-0.25, -0.2) is 0 Å². The number of hydrogen-bond donors (Lipinski definition) is 1. The highest BCUT2D eigenvalue weighted by atomic mass is 79.9. The number of hydrogen-bond acceptors (Lipinski definition) is 2. The smallest absolute Gasteiger partial charge is 0.0586 e. The Morgan fingerprint density at radius 2 is 2.06 bits per heavy atom. The first kappa shape index (κ1) is 14.0. The molecule has 0 aliphatic heterocycles. The lowest BCUT2D eigenvalue weighted by molar-refractivity contribution is 0.106. The number of benzene rings is 1. The van der Waals surface area contributed by atoms with Crippen molar-refractivity contribution in [3.63, 3.8) is 0 Å². The first-order chi connectivity index (χ1) is 8.72. The molecule has 3 unspecified atom stereocenters. The maximum Gasteiger partial charge on any atom is 0.0586 e. The molecule has 1 aromatic carbocycles. The molecule has 18 heavy (non-hydrogen) atoms. The number of halogens is 1. The van der Waals surface area contributed by atoms with E-state index in [1.54, 1.807) is 0 Å². The molecule has 3 atom stereocenters. The summed E-state index contributed by atoms with van der Waals surface area (Å²) in [4.78, 5) is 0. The van der Waals surface area contributed by atoms with E-state index in [1.165, 1.54) is 18.4 Å². The summed E-state index contributed by atoms with van der Waals surface area (Å²) in [5.41, 5.74) is 1.38. The van der Waals surface area contributed by atoms with E-state index < -0.39 is 0 Å². The summed E-state index contributed by atoms with van der Waals surface area (Å²) in [5, 5.41) is 3.77. The maximum absolute atomic E-state index is 5.43. The third-order valence-electron chi connectivity index (χ3n) is 3.84. The lowest BCUT2D eigenvalue weighted by atomic mass is 10.0. The van der Waals surface area contributed by atoms with Gasteiger partial charge in [0.15, 0.2) is 0 Å². The van der Waals surface area contributed by atoms with Crippen molar-refractivity contribution in [1.29, 1.82) is 0 Å². The SMILES string of the molecule is CCC(NC1CCC(OC)C1)c1ccc(Br)cc1. The van der Waals surface area contributed by atoms with Crippen molar-refractivity contribution in [3.8, 4) is 0 Å². The number of methoxy groups -OCH3 is 1. The van der Waals surface area contributed by atoms with Crippen molar-refractivity contribution in [1.82, 2.24) is 5.32 Å². The summed E-state index contributed by atoms with van der Waals surface area (Å²) in [6.45, 7) is 2.24. The van der Waals surface area contributed by atoms with Gasteiger partial charge in [0.25, 0.3) is 0 Å². The minimum atomic E-state index is 0.449. The van der Waals surface area contributed by atoms with Crippen LogP contribution in [0.15, 0.2) is 28.7 Å². The van der Waals surface area contributed by atoms with Crippen molar-refractivity contribution < 1.29 is 4.74 Å². The summed E-state index contributed by atoms with van der Waals surface area (Å²) in [6.07, 6.45) is 5.13. The fraction of sp³-hybridized carbons (Fsp3) is 0.600. The van der Waals surface area contributed by atoms with E-state index in [9.17, 15) is 0 Å². The van der Waals surface area contributed by atoms with E-state index in [0.717, 1.165) is 17.3 Å². The fourth-order valence-corrected chi connectivity index (χ4v) is 3.00. The second kappa shape index (κ2) is 6.69. The van der Waals surface area contributed by atoms with Crippen LogP contribution in [-0.2, 0) is 4.74 Å². The largest absolute Gasteiger partial charge is 0.381 e. The highest BCUT2D eigenvalue weighted by molar-refractivity contribution is 9.10. The average Bonchev–Trinajstić information content (AvgIpc) is 2.85. The molecule has 2 nitrogen and oxygen atoms in total. The van der Waals surface area contributed by atoms with Crippen LogP contribution in [0.25, 0.3) is 0 Å². The van der Waals surface area contributed by atoms with Crippen LogP contribution in [-0.4, -0.2) is 19.3 Å². The standard InChI is InChI=1S/C15H22BrNO/c1-3-15(11-4-6-12(16)7-5-11)17-13-8-9-14(10-13)18-2/h4-7,13-15,17H,3,8-10H2,1-2H3. The summed E-state index contributed by atoms with van der Waals surface area (Å²) >= 11 is 3.48. The van der Waals surface area contributed by atoms with Crippen LogP contribution in [0.2, 0.25) is 0 Å². The summed E-state index contributed by atoms with van der Waals surface area (Å²) in [5.74, 6) is 0. The number of ether oxygens (including phenoxy) is 1. The molecule has 0 spiro atoms. The molecule has 0 saturated heterocycles.